The molecule has 3 atom stereocenters. The molecule has 0 aromatic heterocycles. The summed E-state index contributed by atoms with van der Waals surface area (Å²) in [5.74, 6) is 3.57. The SMILES string of the molecule is COc1ccc([C@@H]2C[C@@H]3CNC[C@H]32)cc1. The van der Waals surface area contributed by atoms with Crippen molar-refractivity contribution in [1.29, 1.82) is 0 Å². The number of rotatable bonds is 2. The van der Waals surface area contributed by atoms with Gasteiger partial charge in [0.1, 0.15) is 5.75 Å². The molecule has 2 fully saturated rings. The lowest BCUT2D eigenvalue weighted by Crippen LogP contribution is -2.33. The van der Waals surface area contributed by atoms with Gasteiger partial charge in [-0.05, 0) is 55.0 Å². The molecule has 0 spiro atoms. The number of fused-ring (bicyclic) bond motifs is 1. The van der Waals surface area contributed by atoms with E-state index in [-0.39, 0.29) is 0 Å². The highest BCUT2D eigenvalue weighted by molar-refractivity contribution is 5.31. The molecule has 1 N–H and O–H groups in total. The Kier molecular flexibility index (Phi) is 2.17. The standard InChI is InChI=1S/C13H17NO/c1-15-11-4-2-9(3-5-11)12-6-10-7-14-8-13(10)12/h2-5,10,12-14H,6-8H2,1H3/t10-,12+,13-/m1/s1. The Bertz CT molecular complexity index is 346. The molecule has 15 heavy (non-hydrogen) atoms. The van der Waals surface area contributed by atoms with Crippen molar-refractivity contribution in [3.05, 3.63) is 29.8 Å². The fraction of sp³-hybridized carbons (Fsp3) is 0.538. The van der Waals surface area contributed by atoms with Gasteiger partial charge in [0.05, 0.1) is 7.11 Å². The van der Waals surface area contributed by atoms with Gasteiger partial charge in [-0.2, -0.15) is 0 Å². The van der Waals surface area contributed by atoms with E-state index in [1.54, 1.807) is 7.11 Å². The van der Waals surface area contributed by atoms with Crippen LogP contribution in [0.1, 0.15) is 17.9 Å². The summed E-state index contributed by atoms with van der Waals surface area (Å²) >= 11 is 0. The minimum Gasteiger partial charge on any atom is -0.497 e. The maximum Gasteiger partial charge on any atom is 0.118 e. The van der Waals surface area contributed by atoms with Crippen LogP contribution in [0.3, 0.4) is 0 Å². The van der Waals surface area contributed by atoms with Gasteiger partial charge in [0.15, 0.2) is 0 Å². The number of ether oxygens (including phenoxy) is 1. The third-order valence-electron chi connectivity index (χ3n) is 4.01. The fourth-order valence-electron chi connectivity index (χ4n) is 3.02. The minimum absolute atomic E-state index is 0.788. The van der Waals surface area contributed by atoms with Crippen LogP contribution in [0, 0.1) is 11.8 Å². The third kappa shape index (κ3) is 1.44. The zero-order chi connectivity index (χ0) is 10.3. The molecule has 0 unspecified atom stereocenters. The van der Waals surface area contributed by atoms with E-state index in [0.717, 1.165) is 23.5 Å². The van der Waals surface area contributed by atoms with Gasteiger partial charge in [0.25, 0.3) is 0 Å². The minimum atomic E-state index is 0.788. The molecule has 1 aliphatic carbocycles. The van der Waals surface area contributed by atoms with Crippen LogP contribution in [0.5, 0.6) is 5.75 Å². The highest BCUT2D eigenvalue weighted by Gasteiger charge is 2.44. The third-order valence-corrected chi connectivity index (χ3v) is 4.01. The van der Waals surface area contributed by atoms with E-state index in [2.05, 4.69) is 29.6 Å². The molecule has 1 aromatic carbocycles. The molecule has 2 nitrogen and oxygen atoms in total. The first kappa shape index (κ1) is 9.22. The van der Waals surface area contributed by atoms with Crippen LogP contribution in [-0.4, -0.2) is 20.2 Å². The lowest BCUT2D eigenvalue weighted by atomic mass is 9.64. The smallest absolute Gasteiger partial charge is 0.118 e. The van der Waals surface area contributed by atoms with E-state index in [4.69, 9.17) is 4.74 Å². The molecule has 1 aliphatic heterocycles. The van der Waals surface area contributed by atoms with Gasteiger partial charge >= 0.3 is 0 Å². The predicted molar refractivity (Wildman–Crippen MR) is 60.2 cm³/mol. The van der Waals surface area contributed by atoms with E-state index in [9.17, 15) is 0 Å². The Morgan fingerprint density at radius 3 is 2.67 bits per heavy atom. The first-order chi connectivity index (χ1) is 7.38. The number of benzene rings is 1. The molecular formula is C13H17NO. The molecule has 0 amide bonds. The van der Waals surface area contributed by atoms with Crippen LogP contribution in [0.4, 0.5) is 0 Å². The van der Waals surface area contributed by atoms with Gasteiger partial charge in [-0.15, -0.1) is 0 Å². The van der Waals surface area contributed by atoms with Crippen molar-refractivity contribution in [2.75, 3.05) is 20.2 Å². The quantitative estimate of drug-likeness (QED) is 0.794. The van der Waals surface area contributed by atoms with E-state index in [1.807, 2.05) is 0 Å². The van der Waals surface area contributed by atoms with Crippen molar-refractivity contribution >= 4 is 0 Å². The molecular weight excluding hydrogens is 186 g/mol. The highest BCUT2D eigenvalue weighted by atomic mass is 16.5. The maximum absolute atomic E-state index is 5.17. The molecule has 2 heteroatoms. The van der Waals surface area contributed by atoms with Crippen molar-refractivity contribution in [2.24, 2.45) is 11.8 Å². The Labute approximate surface area is 90.6 Å². The van der Waals surface area contributed by atoms with Crippen LogP contribution in [0.25, 0.3) is 0 Å². The van der Waals surface area contributed by atoms with Crippen LogP contribution in [-0.2, 0) is 0 Å². The summed E-state index contributed by atoms with van der Waals surface area (Å²) in [6, 6.07) is 8.59. The van der Waals surface area contributed by atoms with Gasteiger partial charge in [-0.25, -0.2) is 0 Å². The van der Waals surface area contributed by atoms with Crippen LogP contribution < -0.4 is 10.1 Å². The van der Waals surface area contributed by atoms with E-state index in [1.165, 1.54) is 25.1 Å². The molecule has 3 rings (SSSR count). The molecule has 1 heterocycles. The lowest BCUT2D eigenvalue weighted by molar-refractivity contribution is 0.191. The summed E-state index contributed by atoms with van der Waals surface area (Å²) < 4.78 is 5.17. The summed E-state index contributed by atoms with van der Waals surface area (Å²) in [5, 5.41) is 3.48. The zero-order valence-electron chi connectivity index (χ0n) is 9.07. The summed E-state index contributed by atoms with van der Waals surface area (Å²) in [5.41, 5.74) is 1.49. The summed E-state index contributed by atoms with van der Waals surface area (Å²) in [6.07, 6.45) is 1.37. The summed E-state index contributed by atoms with van der Waals surface area (Å²) in [6.45, 7) is 2.44. The van der Waals surface area contributed by atoms with Gasteiger partial charge in [0.2, 0.25) is 0 Å². The van der Waals surface area contributed by atoms with Crippen molar-refractivity contribution in [1.82, 2.24) is 5.32 Å². The Hall–Kier alpha value is -1.02. The molecule has 1 saturated carbocycles. The van der Waals surface area contributed by atoms with Gasteiger partial charge in [-0.1, -0.05) is 12.1 Å². The molecule has 80 valence electrons. The average molecular weight is 203 g/mol. The number of nitrogens with one attached hydrogen (secondary N) is 1. The largest absolute Gasteiger partial charge is 0.497 e. The molecule has 1 saturated heterocycles. The van der Waals surface area contributed by atoms with Crippen LogP contribution in [0.2, 0.25) is 0 Å². The topological polar surface area (TPSA) is 21.3 Å². The van der Waals surface area contributed by atoms with E-state index >= 15 is 0 Å². The molecule has 0 radical (unpaired) electrons. The van der Waals surface area contributed by atoms with Crippen molar-refractivity contribution in [3.8, 4) is 5.75 Å². The number of hydrogen-bond acceptors (Lipinski definition) is 2. The van der Waals surface area contributed by atoms with E-state index in [0.29, 0.717) is 0 Å². The highest BCUT2D eigenvalue weighted by Crippen LogP contribution is 2.49. The van der Waals surface area contributed by atoms with E-state index < -0.39 is 0 Å². The van der Waals surface area contributed by atoms with Gasteiger partial charge < -0.3 is 10.1 Å². The Morgan fingerprint density at radius 2 is 2.00 bits per heavy atom. The second kappa shape index (κ2) is 3.53. The number of hydrogen-bond donors (Lipinski definition) is 1. The predicted octanol–water partition coefficient (Wildman–Crippen LogP) is 2.02. The summed E-state index contributed by atoms with van der Waals surface area (Å²) in [7, 11) is 1.72. The second-order valence-electron chi connectivity index (χ2n) is 4.70. The normalized spacial score (nSPS) is 33.3. The molecule has 1 aromatic rings. The first-order valence-electron chi connectivity index (χ1n) is 5.73. The number of methoxy groups -OCH3 is 1. The van der Waals surface area contributed by atoms with Gasteiger partial charge in [0, 0.05) is 0 Å². The Morgan fingerprint density at radius 1 is 1.20 bits per heavy atom. The summed E-state index contributed by atoms with van der Waals surface area (Å²) in [4.78, 5) is 0. The van der Waals surface area contributed by atoms with Crippen molar-refractivity contribution < 1.29 is 4.74 Å². The lowest BCUT2D eigenvalue weighted by Gasteiger charge is -2.40. The molecule has 2 aliphatic rings. The average Bonchev–Trinajstić information content (AvgIpc) is 2.61. The molecule has 0 bridgehead atoms. The maximum atomic E-state index is 5.17. The van der Waals surface area contributed by atoms with Crippen LogP contribution >= 0.6 is 0 Å². The first-order valence-corrected chi connectivity index (χ1v) is 5.73. The zero-order valence-corrected chi connectivity index (χ0v) is 9.07. The van der Waals surface area contributed by atoms with Crippen LogP contribution in [0.15, 0.2) is 24.3 Å². The second-order valence-corrected chi connectivity index (χ2v) is 4.70. The van der Waals surface area contributed by atoms with Gasteiger partial charge in [-0.3, -0.25) is 0 Å². The Balaban J connectivity index is 1.76. The van der Waals surface area contributed by atoms with Crippen molar-refractivity contribution in [3.63, 3.8) is 0 Å². The van der Waals surface area contributed by atoms with Crippen molar-refractivity contribution in [2.45, 2.75) is 12.3 Å². The fourth-order valence-corrected chi connectivity index (χ4v) is 3.02. The monoisotopic (exact) mass is 203 g/mol.